The number of amides is 1. The number of rotatable bonds is 3. The number of fused-ring (bicyclic) bond motifs is 1. The van der Waals surface area contributed by atoms with E-state index in [9.17, 15) is 4.79 Å². The van der Waals surface area contributed by atoms with E-state index in [1.165, 1.54) is 0 Å². The van der Waals surface area contributed by atoms with Crippen LogP contribution in [-0.2, 0) is 9.53 Å². The van der Waals surface area contributed by atoms with Gasteiger partial charge in [0, 0.05) is 39.3 Å². The molecule has 1 aromatic carbocycles. The molecule has 132 valence electrons. The Morgan fingerprint density at radius 3 is 2.48 bits per heavy atom. The van der Waals surface area contributed by atoms with Gasteiger partial charge in [0.15, 0.2) is 0 Å². The van der Waals surface area contributed by atoms with Crippen molar-refractivity contribution in [2.75, 3.05) is 63.9 Å². The summed E-state index contributed by atoms with van der Waals surface area (Å²) in [6, 6.07) is 7.92. The van der Waals surface area contributed by atoms with E-state index in [2.05, 4.69) is 14.8 Å². The first kappa shape index (κ1) is 16.2. The summed E-state index contributed by atoms with van der Waals surface area (Å²) in [7, 11) is 0. The number of piperazine rings is 1. The van der Waals surface area contributed by atoms with Crippen LogP contribution in [0.1, 0.15) is 0 Å². The SMILES string of the molecule is O=C(CN1CCN(c2cnc3ccccc3n2)CC1)N1CCOCC1. The monoisotopic (exact) mass is 341 g/mol. The average molecular weight is 341 g/mol. The number of aromatic nitrogens is 2. The Morgan fingerprint density at radius 2 is 1.72 bits per heavy atom. The molecule has 0 unspecified atom stereocenters. The quantitative estimate of drug-likeness (QED) is 0.815. The predicted molar refractivity (Wildman–Crippen MR) is 95.6 cm³/mol. The topological polar surface area (TPSA) is 61.8 Å². The number of anilines is 1. The number of ether oxygens (including phenoxy) is 1. The van der Waals surface area contributed by atoms with Gasteiger partial charge < -0.3 is 14.5 Å². The summed E-state index contributed by atoms with van der Waals surface area (Å²) in [5.74, 6) is 1.13. The second kappa shape index (κ2) is 7.33. The van der Waals surface area contributed by atoms with Gasteiger partial charge in [-0.2, -0.15) is 0 Å². The predicted octanol–water partition coefficient (Wildman–Crippen LogP) is 0.611. The fraction of sp³-hybridized carbons (Fsp3) is 0.500. The van der Waals surface area contributed by atoms with Crippen molar-refractivity contribution in [3.8, 4) is 0 Å². The second-order valence-electron chi connectivity index (χ2n) is 6.47. The van der Waals surface area contributed by atoms with Crippen LogP contribution in [0, 0.1) is 0 Å². The lowest BCUT2D eigenvalue weighted by Crippen LogP contribution is -2.51. The molecular weight excluding hydrogens is 318 g/mol. The van der Waals surface area contributed by atoms with E-state index in [0.717, 1.165) is 43.0 Å². The van der Waals surface area contributed by atoms with E-state index in [4.69, 9.17) is 9.72 Å². The summed E-state index contributed by atoms with van der Waals surface area (Å²) in [6.07, 6.45) is 1.84. The number of carbonyl (C=O) groups excluding carboxylic acids is 1. The molecule has 0 saturated carbocycles. The fourth-order valence-corrected chi connectivity index (χ4v) is 3.34. The zero-order chi connectivity index (χ0) is 17.1. The molecule has 1 amide bonds. The molecular formula is C18H23N5O2. The number of hydrogen-bond donors (Lipinski definition) is 0. The third-order valence-corrected chi connectivity index (χ3v) is 4.85. The third-order valence-electron chi connectivity index (χ3n) is 4.85. The van der Waals surface area contributed by atoms with Crippen molar-refractivity contribution in [1.82, 2.24) is 19.8 Å². The summed E-state index contributed by atoms with van der Waals surface area (Å²) in [5.41, 5.74) is 1.84. The van der Waals surface area contributed by atoms with Gasteiger partial charge in [-0.25, -0.2) is 4.98 Å². The molecule has 2 aliphatic heterocycles. The second-order valence-corrected chi connectivity index (χ2v) is 6.47. The van der Waals surface area contributed by atoms with Gasteiger partial charge >= 0.3 is 0 Å². The number of carbonyl (C=O) groups is 1. The smallest absolute Gasteiger partial charge is 0.236 e. The molecule has 7 nitrogen and oxygen atoms in total. The highest BCUT2D eigenvalue weighted by atomic mass is 16.5. The van der Waals surface area contributed by atoms with E-state index in [0.29, 0.717) is 32.8 Å². The lowest BCUT2D eigenvalue weighted by Gasteiger charge is -2.36. The summed E-state index contributed by atoms with van der Waals surface area (Å²) >= 11 is 0. The van der Waals surface area contributed by atoms with Crippen LogP contribution in [-0.4, -0.2) is 84.7 Å². The largest absolute Gasteiger partial charge is 0.378 e. The molecule has 2 aliphatic rings. The van der Waals surface area contributed by atoms with Gasteiger partial charge in [-0.05, 0) is 12.1 Å². The first-order valence-electron chi connectivity index (χ1n) is 8.84. The van der Waals surface area contributed by atoms with Crippen LogP contribution in [0.2, 0.25) is 0 Å². The molecule has 25 heavy (non-hydrogen) atoms. The number of nitrogens with zero attached hydrogens (tertiary/aromatic N) is 5. The van der Waals surface area contributed by atoms with Gasteiger partial charge in [0.2, 0.25) is 5.91 Å². The van der Waals surface area contributed by atoms with Crippen molar-refractivity contribution in [2.45, 2.75) is 0 Å². The van der Waals surface area contributed by atoms with Gasteiger partial charge in [0.05, 0.1) is 37.0 Å². The zero-order valence-corrected chi connectivity index (χ0v) is 14.3. The zero-order valence-electron chi connectivity index (χ0n) is 14.3. The van der Waals surface area contributed by atoms with E-state index in [1.807, 2.05) is 35.4 Å². The first-order chi connectivity index (χ1) is 12.3. The Kier molecular flexibility index (Phi) is 4.76. The molecule has 0 aliphatic carbocycles. The normalized spacial score (nSPS) is 19.4. The lowest BCUT2D eigenvalue weighted by atomic mass is 10.3. The fourth-order valence-electron chi connectivity index (χ4n) is 3.34. The maximum absolute atomic E-state index is 12.4. The molecule has 0 bridgehead atoms. The molecule has 2 aromatic rings. The Bertz CT molecular complexity index is 739. The number of benzene rings is 1. The van der Waals surface area contributed by atoms with Crippen molar-refractivity contribution in [2.24, 2.45) is 0 Å². The highest BCUT2D eigenvalue weighted by molar-refractivity contribution is 5.78. The van der Waals surface area contributed by atoms with Gasteiger partial charge in [0.1, 0.15) is 5.82 Å². The lowest BCUT2D eigenvalue weighted by molar-refractivity contribution is -0.136. The van der Waals surface area contributed by atoms with Crippen molar-refractivity contribution >= 4 is 22.8 Å². The summed E-state index contributed by atoms with van der Waals surface area (Å²) in [4.78, 5) is 27.9. The highest BCUT2D eigenvalue weighted by Gasteiger charge is 2.23. The Hall–Kier alpha value is -2.25. The summed E-state index contributed by atoms with van der Waals surface area (Å²) in [5, 5.41) is 0. The minimum atomic E-state index is 0.210. The van der Waals surface area contributed by atoms with Crippen LogP contribution in [0.5, 0.6) is 0 Å². The molecule has 0 N–H and O–H groups in total. The molecule has 2 fully saturated rings. The van der Waals surface area contributed by atoms with Gasteiger partial charge in [0.25, 0.3) is 0 Å². The minimum absolute atomic E-state index is 0.210. The van der Waals surface area contributed by atoms with E-state index < -0.39 is 0 Å². The van der Waals surface area contributed by atoms with Crippen molar-refractivity contribution < 1.29 is 9.53 Å². The van der Waals surface area contributed by atoms with Crippen molar-refractivity contribution in [3.63, 3.8) is 0 Å². The van der Waals surface area contributed by atoms with Crippen molar-refractivity contribution in [3.05, 3.63) is 30.5 Å². The molecule has 7 heteroatoms. The minimum Gasteiger partial charge on any atom is -0.378 e. The number of hydrogen-bond acceptors (Lipinski definition) is 6. The average Bonchev–Trinajstić information content (AvgIpc) is 2.69. The Morgan fingerprint density at radius 1 is 1.00 bits per heavy atom. The van der Waals surface area contributed by atoms with Crippen LogP contribution in [0.4, 0.5) is 5.82 Å². The molecule has 2 saturated heterocycles. The summed E-state index contributed by atoms with van der Waals surface area (Å²) in [6.45, 7) is 6.69. The van der Waals surface area contributed by atoms with E-state index >= 15 is 0 Å². The van der Waals surface area contributed by atoms with Gasteiger partial charge in [-0.1, -0.05) is 12.1 Å². The van der Waals surface area contributed by atoms with Crippen LogP contribution in [0.25, 0.3) is 11.0 Å². The maximum atomic E-state index is 12.4. The standard InChI is InChI=1S/C18H23N5O2/c24-18(23-9-11-25-12-10-23)14-21-5-7-22(8-6-21)17-13-19-15-3-1-2-4-16(15)20-17/h1-4,13H,5-12,14H2. The molecule has 4 rings (SSSR count). The van der Waals surface area contributed by atoms with Crippen LogP contribution < -0.4 is 4.90 Å². The molecule has 1 aromatic heterocycles. The van der Waals surface area contributed by atoms with Crippen LogP contribution >= 0.6 is 0 Å². The summed E-state index contributed by atoms with van der Waals surface area (Å²) < 4.78 is 5.31. The van der Waals surface area contributed by atoms with Crippen LogP contribution in [0.15, 0.2) is 30.5 Å². The van der Waals surface area contributed by atoms with Gasteiger partial charge in [-0.15, -0.1) is 0 Å². The first-order valence-corrected chi connectivity index (χ1v) is 8.84. The van der Waals surface area contributed by atoms with Crippen molar-refractivity contribution in [1.29, 1.82) is 0 Å². The third kappa shape index (κ3) is 3.72. The van der Waals surface area contributed by atoms with E-state index in [1.54, 1.807) is 0 Å². The maximum Gasteiger partial charge on any atom is 0.236 e. The molecule has 0 spiro atoms. The van der Waals surface area contributed by atoms with Crippen LogP contribution in [0.3, 0.4) is 0 Å². The number of morpholine rings is 1. The number of para-hydroxylation sites is 2. The Labute approximate surface area is 147 Å². The molecule has 0 radical (unpaired) electrons. The molecule has 3 heterocycles. The van der Waals surface area contributed by atoms with Gasteiger partial charge in [-0.3, -0.25) is 14.7 Å². The Balaban J connectivity index is 1.33. The van der Waals surface area contributed by atoms with E-state index in [-0.39, 0.29) is 5.91 Å². The highest BCUT2D eigenvalue weighted by Crippen LogP contribution is 2.17. The molecule has 0 atom stereocenters.